The van der Waals surface area contributed by atoms with E-state index in [9.17, 15) is 24.5 Å². The molecule has 0 spiro atoms. The molecule has 0 aliphatic carbocycles. The predicted octanol–water partition coefficient (Wildman–Crippen LogP) is 2.77. The Morgan fingerprint density at radius 3 is 2.10 bits per heavy atom. The third kappa shape index (κ3) is 4.08. The van der Waals surface area contributed by atoms with Crippen molar-refractivity contribution in [3.63, 3.8) is 0 Å². The number of nitro benzene ring substituents is 1. The number of carbonyl (C=O) groups excluding carboxylic acids is 3. The number of non-ortho nitro benzene ring substituents is 1. The number of methoxy groups -OCH3 is 2. The summed E-state index contributed by atoms with van der Waals surface area (Å²) in [5.41, 5.74) is 0.996. The highest BCUT2D eigenvalue weighted by atomic mass is 16.6. The van der Waals surface area contributed by atoms with Crippen LogP contribution in [0.5, 0.6) is 0 Å². The second-order valence-electron chi connectivity index (χ2n) is 6.65. The molecule has 0 bridgehead atoms. The molecule has 1 aliphatic heterocycles. The minimum atomic E-state index is -1.09. The molecule has 1 atom stereocenters. The molecule has 10 heteroatoms. The predicted molar refractivity (Wildman–Crippen MR) is 109 cm³/mol. The van der Waals surface area contributed by atoms with Crippen LogP contribution in [-0.2, 0) is 19.1 Å². The largest absolute Gasteiger partial charge is 0.466 e. The van der Waals surface area contributed by atoms with Gasteiger partial charge in [0.15, 0.2) is 0 Å². The van der Waals surface area contributed by atoms with E-state index in [4.69, 9.17) is 9.47 Å². The van der Waals surface area contributed by atoms with Gasteiger partial charge in [0.05, 0.1) is 36.4 Å². The van der Waals surface area contributed by atoms with E-state index in [1.807, 2.05) is 6.92 Å². The lowest BCUT2D eigenvalue weighted by Gasteiger charge is -2.35. The molecule has 10 nitrogen and oxygen atoms in total. The van der Waals surface area contributed by atoms with Crippen LogP contribution in [0.2, 0.25) is 0 Å². The number of urea groups is 1. The van der Waals surface area contributed by atoms with E-state index in [0.29, 0.717) is 11.3 Å². The SMILES string of the molecule is COC(=O)C1=C(C(=O)OC)N(c2ccc(C)cc2)C(=O)NC1c1ccc([N+](=O)[O-])cc1. The Bertz CT molecular complexity index is 1080. The Kier molecular flexibility index (Phi) is 6.00. The molecule has 160 valence electrons. The molecule has 0 saturated carbocycles. The van der Waals surface area contributed by atoms with Crippen molar-refractivity contribution in [3.8, 4) is 0 Å². The van der Waals surface area contributed by atoms with E-state index in [0.717, 1.165) is 24.7 Å². The minimum absolute atomic E-state index is 0.163. The van der Waals surface area contributed by atoms with Crippen LogP contribution in [0, 0.1) is 17.0 Å². The van der Waals surface area contributed by atoms with Gasteiger partial charge in [0.2, 0.25) is 0 Å². The second-order valence-corrected chi connectivity index (χ2v) is 6.65. The summed E-state index contributed by atoms with van der Waals surface area (Å²) in [6, 6.07) is 10.2. The fourth-order valence-corrected chi connectivity index (χ4v) is 3.22. The van der Waals surface area contributed by atoms with Gasteiger partial charge in [-0.25, -0.2) is 14.4 Å². The molecule has 2 amide bonds. The molecule has 1 N–H and O–H groups in total. The number of hydrogen-bond donors (Lipinski definition) is 1. The zero-order valence-corrected chi connectivity index (χ0v) is 16.9. The topological polar surface area (TPSA) is 128 Å². The molecule has 0 radical (unpaired) electrons. The number of carbonyl (C=O) groups is 3. The summed E-state index contributed by atoms with van der Waals surface area (Å²) in [6.45, 7) is 1.86. The standard InChI is InChI=1S/C21H19N3O7/c1-12-4-8-14(9-5-12)23-18(20(26)31-3)16(19(25)30-2)17(22-21(23)27)13-6-10-15(11-7-13)24(28)29/h4-11,17H,1-3H3,(H,22,27). The summed E-state index contributed by atoms with van der Waals surface area (Å²) in [4.78, 5) is 49.9. The van der Waals surface area contributed by atoms with Crippen molar-refractivity contribution < 1.29 is 28.8 Å². The number of nitrogens with zero attached hydrogens (tertiary/aromatic N) is 2. The van der Waals surface area contributed by atoms with Crippen LogP contribution in [0.25, 0.3) is 0 Å². The highest BCUT2D eigenvalue weighted by Gasteiger charge is 2.42. The van der Waals surface area contributed by atoms with Gasteiger partial charge in [-0.2, -0.15) is 0 Å². The number of nitro groups is 1. The van der Waals surface area contributed by atoms with E-state index in [-0.39, 0.29) is 17.0 Å². The number of amides is 2. The maximum atomic E-state index is 13.0. The lowest BCUT2D eigenvalue weighted by Crippen LogP contribution is -2.50. The van der Waals surface area contributed by atoms with Gasteiger partial charge in [-0.05, 0) is 36.8 Å². The number of rotatable bonds is 5. The smallest absolute Gasteiger partial charge is 0.355 e. The van der Waals surface area contributed by atoms with Gasteiger partial charge in [0, 0.05) is 12.1 Å². The molecule has 0 saturated heterocycles. The molecular weight excluding hydrogens is 406 g/mol. The Morgan fingerprint density at radius 1 is 1.00 bits per heavy atom. The normalized spacial score (nSPS) is 15.9. The lowest BCUT2D eigenvalue weighted by molar-refractivity contribution is -0.384. The van der Waals surface area contributed by atoms with Crippen molar-refractivity contribution in [3.05, 3.63) is 81.0 Å². The van der Waals surface area contributed by atoms with E-state index in [1.165, 1.54) is 24.3 Å². The Balaban J connectivity index is 2.23. The molecule has 0 fully saturated rings. The first-order chi connectivity index (χ1) is 14.8. The number of benzene rings is 2. The van der Waals surface area contributed by atoms with Crippen LogP contribution in [0.1, 0.15) is 17.2 Å². The molecule has 1 unspecified atom stereocenters. The molecule has 2 aromatic rings. The molecule has 31 heavy (non-hydrogen) atoms. The number of aryl methyl sites for hydroxylation is 1. The minimum Gasteiger partial charge on any atom is -0.466 e. The number of nitrogens with one attached hydrogen (secondary N) is 1. The summed E-state index contributed by atoms with van der Waals surface area (Å²) in [6.07, 6.45) is 0. The van der Waals surface area contributed by atoms with Gasteiger partial charge in [0.1, 0.15) is 5.70 Å². The van der Waals surface area contributed by atoms with Gasteiger partial charge in [-0.3, -0.25) is 15.0 Å². The summed E-state index contributed by atoms with van der Waals surface area (Å²) < 4.78 is 9.73. The first-order valence-corrected chi connectivity index (χ1v) is 9.11. The van der Waals surface area contributed by atoms with Gasteiger partial charge >= 0.3 is 18.0 Å². The Labute approximate surface area is 177 Å². The lowest BCUT2D eigenvalue weighted by atomic mass is 9.94. The summed E-state index contributed by atoms with van der Waals surface area (Å²) in [5.74, 6) is -1.77. The van der Waals surface area contributed by atoms with Crippen molar-refractivity contribution in [2.24, 2.45) is 0 Å². The number of esters is 2. The van der Waals surface area contributed by atoms with Crippen molar-refractivity contribution in [2.75, 3.05) is 19.1 Å². The first kappa shape index (κ1) is 21.5. The zero-order valence-electron chi connectivity index (χ0n) is 16.9. The molecular formula is C21H19N3O7. The van der Waals surface area contributed by atoms with Gasteiger partial charge in [0.25, 0.3) is 5.69 Å². The molecule has 1 heterocycles. The van der Waals surface area contributed by atoms with Crippen LogP contribution in [0.15, 0.2) is 59.8 Å². The molecule has 2 aromatic carbocycles. The fraction of sp³-hybridized carbons (Fsp3) is 0.190. The summed E-state index contributed by atoms with van der Waals surface area (Å²) in [5, 5.41) is 13.6. The van der Waals surface area contributed by atoms with Gasteiger partial charge in [-0.1, -0.05) is 17.7 Å². The molecule has 0 aromatic heterocycles. The van der Waals surface area contributed by atoms with Crippen molar-refractivity contribution in [1.82, 2.24) is 5.32 Å². The van der Waals surface area contributed by atoms with Crippen molar-refractivity contribution in [2.45, 2.75) is 13.0 Å². The average molecular weight is 425 g/mol. The van der Waals surface area contributed by atoms with Crippen LogP contribution in [-0.4, -0.2) is 37.1 Å². The molecule has 1 aliphatic rings. The van der Waals surface area contributed by atoms with Crippen molar-refractivity contribution >= 4 is 29.3 Å². The third-order valence-corrected chi connectivity index (χ3v) is 4.75. The molecule has 3 rings (SSSR count). The van der Waals surface area contributed by atoms with E-state index in [1.54, 1.807) is 24.3 Å². The Morgan fingerprint density at radius 2 is 1.58 bits per heavy atom. The van der Waals surface area contributed by atoms with Crippen LogP contribution in [0.4, 0.5) is 16.2 Å². The van der Waals surface area contributed by atoms with Gasteiger partial charge in [-0.15, -0.1) is 0 Å². The highest BCUT2D eigenvalue weighted by molar-refractivity contribution is 6.13. The number of ether oxygens (including phenoxy) is 2. The maximum Gasteiger partial charge on any atom is 0.355 e. The first-order valence-electron chi connectivity index (χ1n) is 9.11. The highest BCUT2D eigenvalue weighted by Crippen LogP contribution is 2.35. The monoisotopic (exact) mass is 425 g/mol. The second kappa shape index (κ2) is 8.66. The average Bonchev–Trinajstić information content (AvgIpc) is 2.78. The number of anilines is 1. The van der Waals surface area contributed by atoms with E-state index < -0.39 is 28.9 Å². The summed E-state index contributed by atoms with van der Waals surface area (Å²) in [7, 11) is 2.27. The van der Waals surface area contributed by atoms with Crippen LogP contribution >= 0.6 is 0 Å². The number of hydrogen-bond acceptors (Lipinski definition) is 7. The Hall–Kier alpha value is -4.21. The maximum absolute atomic E-state index is 13.0. The fourth-order valence-electron chi connectivity index (χ4n) is 3.22. The van der Waals surface area contributed by atoms with Crippen LogP contribution in [0.3, 0.4) is 0 Å². The quantitative estimate of drug-likeness (QED) is 0.443. The third-order valence-electron chi connectivity index (χ3n) is 4.75. The van der Waals surface area contributed by atoms with E-state index in [2.05, 4.69) is 5.32 Å². The zero-order chi connectivity index (χ0) is 22.7. The summed E-state index contributed by atoms with van der Waals surface area (Å²) >= 11 is 0. The van der Waals surface area contributed by atoms with E-state index >= 15 is 0 Å². The van der Waals surface area contributed by atoms with Crippen molar-refractivity contribution in [1.29, 1.82) is 0 Å². The van der Waals surface area contributed by atoms with Gasteiger partial charge < -0.3 is 14.8 Å². The van der Waals surface area contributed by atoms with Crippen LogP contribution < -0.4 is 10.2 Å².